The van der Waals surface area contributed by atoms with Gasteiger partial charge in [0.2, 0.25) is 0 Å². The summed E-state index contributed by atoms with van der Waals surface area (Å²) in [6, 6.07) is 10.5. The van der Waals surface area contributed by atoms with E-state index in [2.05, 4.69) is 63.7 Å². The lowest BCUT2D eigenvalue weighted by molar-refractivity contribution is 0.972. The van der Waals surface area contributed by atoms with Gasteiger partial charge in [-0.2, -0.15) is 0 Å². The maximum absolute atomic E-state index is 4.21. The Labute approximate surface area is 114 Å². The predicted molar refractivity (Wildman–Crippen MR) is 78.6 cm³/mol. The summed E-state index contributed by atoms with van der Waals surface area (Å²) < 4.78 is 3.34. The Kier molecular flexibility index (Phi) is 2.71. The van der Waals surface area contributed by atoms with Crippen molar-refractivity contribution in [1.82, 2.24) is 9.55 Å². The molecule has 0 aliphatic heterocycles. The van der Waals surface area contributed by atoms with E-state index in [-0.39, 0.29) is 0 Å². The third-order valence-electron chi connectivity index (χ3n) is 3.35. The molecule has 0 N–H and O–H groups in total. The van der Waals surface area contributed by atoms with Gasteiger partial charge in [0.15, 0.2) is 0 Å². The van der Waals surface area contributed by atoms with Gasteiger partial charge in [-0.1, -0.05) is 15.9 Å². The number of aryl methyl sites for hydroxylation is 2. The van der Waals surface area contributed by atoms with Crippen molar-refractivity contribution in [1.29, 1.82) is 0 Å². The number of hydrogen-bond donors (Lipinski definition) is 0. The predicted octanol–water partition coefficient (Wildman–Crippen LogP) is 4.31. The van der Waals surface area contributed by atoms with E-state index >= 15 is 0 Å². The molecule has 3 rings (SSSR count). The minimum atomic E-state index is 1.11. The van der Waals surface area contributed by atoms with E-state index in [4.69, 9.17) is 0 Å². The van der Waals surface area contributed by atoms with Crippen LogP contribution in [0.1, 0.15) is 5.56 Å². The quantitative estimate of drug-likeness (QED) is 0.655. The number of halogens is 1. The van der Waals surface area contributed by atoms with Gasteiger partial charge in [-0.3, -0.25) is 4.98 Å². The minimum absolute atomic E-state index is 1.11. The fourth-order valence-corrected chi connectivity index (χ4v) is 2.87. The van der Waals surface area contributed by atoms with Crippen molar-refractivity contribution in [3.8, 4) is 11.3 Å². The van der Waals surface area contributed by atoms with Crippen LogP contribution in [0.25, 0.3) is 22.2 Å². The summed E-state index contributed by atoms with van der Waals surface area (Å²) >= 11 is 3.54. The molecule has 1 aromatic carbocycles. The molecule has 0 aliphatic rings. The third-order valence-corrected chi connectivity index (χ3v) is 3.84. The summed E-state index contributed by atoms with van der Waals surface area (Å²) in [4.78, 5) is 4.21. The van der Waals surface area contributed by atoms with Crippen LogP contribution in [0.5, 0.6) is 0 Å². The molecule has 0 unspecified atom stereocenters. The van der Waals surface area contributed by atoms with Gasteiger partial charge >= 0.3 is 0 Å². The van der Waals surface area contributed by atoms with Gasteiger partial charge in [0.25, 0.3) is 0 Å². The standard InChI is InChI=1S/C15H13BrN2/c1-10-13-8-12(16)5-6-14(13)18(2)15(10)11-4-3-7-17-9-11/h3-9H,1-2H3. The average Bonchev–Trinajstić information content (AvgIpc) is 2.63. The summed E-state index contributed by atoms with van der Waals surface area (Å²) in [6.45, 7) is 2.16. The minimum Gasteiger partial charge on any atom is -0.343 e. The number of rotatable bonds is 1. The molecule has 0 aliphatic carbocycles. The number of fused-ring (bicyclic) bond motifs is 1. The van der Waals surface area contributed by atoms with Gasteiger partial charge in [-0.05, 0) is 42.8 Å². The van der Waals surface area contributed by atoms with Gasteiger partial charge in [0.05, 0.1) is 5.69 Å². The molecule has 0 atom stereocenters. The molecule has 0 amide bonds. The zero-order valence-corrected chi connectivity index (χ0v) is 11.9. The maximum atomic E-state index is 4.21. The van der Waals surface area contributed by atoms with Crippen LogP contribution in [0.2, 0.25) is 0 Å². The summed E-state index contributed by atoms with van der Waals surface area (Å²) in [7, 11) is 2.10. The topological polar surface area (TPSA) is 17.8 Å². The van der Waals surface area contributed by atoms with Crippen LogP contribution < -0.4 is 0 Å². The van der Waals surface area contributed by atoms with E-state index in [1.165, 1.54) is 22.2 Å². The molecular weight excluding hydrogens is 288 g/mol. The fourth-order valence-electron chi connectivity index (χ4n) is 2.51. The van der Waals surface area contributed by atoms with E-state index < -0.39 is 0 Å². The Balaban J connectivity index is 2.37. The van der Waals surface area contributed by atoms with Gasteiger partial charge < -0.3 is 4.57 Å². The number of hydrogen-bond acceptors (Lipinski definition) is 1. The van der Waals surface area contributed by atoms with E-state index in [1.54, 1.807) is 6.20 Å². The second-order valence-corrected chi connectivity index (χ2v) is 5.35. The lowest BCUT2D eigenvalue weighted by Crippen LogP contribution is -1.92. The molecule has 0 fully saturated rings. The summed E-state index contributed by atoms with van der Waals surface area (Å²) in [5.74, 6) is 0. The van der Waals surface area contributed by atoms with Crippen LogP contribution in [0.4, 0.5) is 0 Å². The molecular formula is C15H13BrN2. The Hall–Kier alpha value is -1.61. The van der Waals surface area contributed by atoms with Crippen molar-refractivity contribution in [3.63, 3.8) is 0 Å². The monoisotopic (exact) mass is 300 g/mol. The van der Waals surface area contributed by atoms with Crippen molar-refractivity contribution >= 4 is 26.8 Å². The van der Waals surface area contributed by atoms with Crippen LogP contribution >= 0.6 is 15.9 Å². The third kappa shape index (κ3) is 1.66. The number of nitrogens with zero attached hydrogens (tertiary/aromatic N) is 2. The highest BCUT2D eigenvalue weighted by molar-refractivity contribution is 9.10. The largest absolute Gasteiger partial charge is 0.343 e. The average molecular weight is 301 g/mol. The first-order valence-electron chi connectivity index (χ1n) is 5.83. The first-order valence-corrected chi connectivity index (χ1v) is 6.62. The van der Waals surface area contributed by atoms with Crippen molar-refractivity contribution in [2.75, 3.05) is 0 Å². The van der Waals surface area contributed by atoms with Gasteiger partial charge in [-0.15, -0.1) is 0 Å². The van der Waals surface area contributed by atoms with Crippen LogP contribution in [0, 0.1) is 6.92 Å². The highest BCUT2D eigenvalue weighted by Crippen LogP contribution is 2.33. The maximum Gasteiger partial charge on any atom is 0.0533 e. The van der Waals surface area contributed by atoms with Gasteiger partial charge in [-0.25, -0.2) is 0 Å². The lowest BCUT2D eigenvalue weighted by atomic mass is 10.1. The van der Waals surface area contributed by atoms with Crippen LogP contribution in [0.3, 0.4) is 0 Å². The van der Waals surface area contributed by atoms with Gasteiger partial charge in [0, 0.05) is 40.4 Å². The second kappa shape index (κ2) is 4.25. The molecule has 18 heavy (non-hydrogen) atoms. The van der Waals surface area contributed by atoms with E-state index in [0.29, 0.717) is 0 Å². The molecule has 0 saturated heterocycles. The van der Waals surface area contributed by atoms with Crippen LogP contribution in [-0.2, 0) is 7.05 Å². The Bertz CT molecular complexity index is 714. The second-order valence-electron chi connectivity index (χ2n) is 4.44. The van der Waals surface area contributed by atoms with Crippen molar-refractivity contribution in [2.45, 2.75) is 6.92 Å². The van der Waals surface area contributed by atoms with E-state index in [9.17, 15) is 0 Å². The van der Waals surface area contributed by atoms with Crippen molar-refractivity contribution in [2.24, 2.45) is 7.05 Å². The van der Waals surface area contributed by atoms with Crippen molar-refractivity contribution < 1.29 is 0 Å². The molecule has 2 heterocycles. The fraction of sp³-hybridized carbons (Fsp3) is 0.133. The number of benzene rings is 1. The zero-order chi connectivity index (χ0) is 12.7. The number of pyridine rings is 1. The van der Waals surface area contributed by atoms with E-state index in [0.717, 1.165) is 10.0 Å². The Morgan fingerprint density at radius 3 is 2.78 bits per heavy atom. The molecule has 2 aromatic heterocycles. The molecule has 3 aromatic rings. The molecule has 0 bridgehead atoms. The summed E-state index contributed by atoms with van der Waals surface area (Å²) in [5, 5.41) is 1.28. The van der Waals surface area contributed by atoms with E-state index in [1.807, 2.05) is 12.3 Å². The van der Waals surface area contributed by atoms with Crippen LogP contribution in [-0.4, -0.2) is 9.55 Å². The SMILES string of the molecule is Cc1c(-c2cccnc2)n(C)c2ccc(Br)cc12. The first-order chi connectivity index (χ1) is 8.68. The lowest BCUT2D eigenvalue weighted by Gasteiger charge is -2.05. The zero-order valence-electron chi connectivity index (χ0n) is 10.3. The summed E-state index contributed by atoms with van der Waals surface area (Å²) in [6.07, 6.45) is 3.72. The molecule has 3 heteroatoms. The molecule has 0 spiro atoms. The highest BCUT2D eigenvalue weighted by Gasteiger charge is 2.13. The first kappa shape index (κ1) is 11.5. The van der Waals surface area contributed by atoms with Crippen LogP contribution in [0.15, 0.2) is 47.2 Å². The highest BCUT2D eigenvalue weighted by atomic mass is 79.9. The Morgan fingerprint density at radius 1 is 1.22 bits per heavy atom. The normalized spacial score (nSPS) is 11.1. The summed E-state index contributed by atoms with van der Waals surface area (Å²) in [5.41, 5.74) is 4.93. The smallest absolute Gasteiger partial charge is 0.0533 e. The molecule has 0 saturated carbocycles. The van der Waals surface area contributed by atoms with Crippen molar-refractivity contribution in [3.05, 3.63) is 52.8 Å². The molecule has 90 valence electrons. The molecule has 2 nitrogen and oxygen atoms in total. The Morgan fingerprint density at radius 2 is 2.06 bits per heavy atom. The number of aromatic nitrogens is 2. The van der Waals surface area contributed by atoms with Gasteiger partial charge in [0.1, 0.15) is 0 Å². The molecule has 0 radical (unpaired) electrons.